The van der Waals surface area contributed by atoms with Crippen molar-refractivity contribution in [3.8, 4) is 28.7 Å². The molecule has 6 nitrogen and oxygen atoms in total. The minimum absolute atomic E-state index is 0.437. The van der Waals surface area contributed by atoms with Gasteiger partial charge in [0.2, 0.25) is 0 Å². The first-order chi connectivity index (χ1) is 16.1. The quantitative estimate of drug-likeness (QED) is 0.262. The molecular formula is C25H22Cl2N2O4. The molecule has 8 heteroatoms. The number of hydrogen-bond acceptors (Lipinski definition) is 6. The molecular weight excluding hydrogens is 463 g/mol. The maximum absolute atomic E-state index is 6.11. The Balaban J connectivity index is 1.38. The summed E-state index contributed by atoms with van der Waals surface area (Å²) in [5, 5.41) is 5.24. The number of anilines is 1. The lowest BCUT2D eigenvalue weighted by Gasteiger charge is -2.13. The molecule has 0 unspecified atom stereocenters. The van der Waals surface area contributed by atoms with E-state index in [0.29, 0.717) is 51.9 Å². The van der Waals surface area contributed by atoms with Gasteiger partial charge < -0.3 is 24.3 Å². The molecule has 0 spiro atoms. The number of ether oxygens (including phenoxy) is 4. The molecule has 0 amide bonds. The minimum atomic E-state index is 0.437. The van der Waals surface area contributed by atoms with Crippen LogP contribution >= 0.6 is 23.2 Å². The van der Waals surface area contributed by atoms with Crippen molar-refractivity contribution >= 4 is 39.8 Å². The molecule has 0 saturated heterocycles. The second kappa shape index (κ2) is 10.5. The minimum Gasteiger partial charge on any atom is -0.493 e. The molecule has 33 heavy (non-hydrogen) atoms. The zero-order valence-electron chi connectivity index (χ0n) is 18.1. The monoisotopic (exact) mass is 484 g/mol. The van der Waals surface area contributed by atoms with Gasteiger partial charge in [-0.05, 0) is 48.5 Å². The molecule has 170 valence electrons. The van der Waals surface area contributed by atoms with E-state index in [1.807, 2.05) is 42.5 Å². The molecule has 4 aromatic rings. The van der Waals surface area contributed by atoms with Crippen LogP contribution in [0.25, 0.3) is 10.9 Å². The number of halogens is 2. The number of pyridine rings is 1. The van der Waals surface area contributed by atoms with Gasteiger partial charge in [0.15, 0.2) is 11.5 Å². The summed E-state index contributed by atoms with van der Waals surface area (Å²) in [5.41, 5.74) is 1.69. The molecule has 1 aromatic heterocycles. The van der Waals surface area contributed by atoms with Gasteiger partial charge in [-0.25, -0.2) is 0 Å². The highest BCUT2D eigenvalue weighted by Crippen LogP contribution is 2.37. The van der Waals surface area contributed by atoms with Gasteiger partial charge in [0.1, 0.15) is 23.9 Å². The first kappa shape index (κ1) is 22.8. The summed E-state index contributed by atoms with van der Waals surface area (Å²) in [6.45, 7) is 1.03. The lowest BCUT2D eigenvalue weighted by atomic mass is 10.2. The van der Waals surface area contributed by atoms with Crippen LogP contribution in [0.3, 0.4) is 0 Å². The SMILES string of the molecule is COc1cc2nccc(Oc3ccc(NCCOc4cc(Cl)ccc4Cl)cc3)c2cc1OC. The third-order valence-corrected chi connectivity index (χ3v) is 5.42. The number of nitrogens with zero attached hydrogens (tertiary/aromatic N) is 1. The van der Waals surface area contributed by atoms with Crippen LogP contribution in [0.5, 0.6) is 28.7 Å². The number of fused-ring (bicyclic) bond motifs is 1. The maximum atomic E-state index is 6.11. The normalized spacial score (nSPS) is 10.7. The maximum Gasteiger partial charge on any atom is 0.162 e. The second-order valence-electron chi connectivity index (χ2n) is 7.01. The third-order valence-electron chi connectivity index (χ3n) is 4.87. The van der Waals surface area contributed by atoms with Crippen LogP contribution in [-0.4, -0.2) is 32.4 Å². The van der Waals surface area contributed by atoms with Gasteiger partial charge in [0.05, 0.1) is 24.8 Å². The molecule has 0 atom stereocenters. The van der Waals surface area contributed by atoms with E-state index in [-0.39, 0.29) is 0 Å². The zero-order chi connectivity index (χ0) is 23.2. The highest BCUT2D eigenvalue weighted by Gasteiger charge is 2.11. The fourth-order valence-corrected chi connectivity index (χ4v) is 3.58. The second-order valence-corrected chi connectivity index (χ2v) is 7.85. The Hall–Kier alpha value is -3.35. The van der Waals surface area contributed by atoms with Crippen LogP contribution in [0.4, 0.5) is 5.69 Å². The van der Waals surface area contributed by atoms with Crippen molar-refractivity contribution in [2.45, 2.75) is 0 Å². The number of hydrogen-bond donors (Lipinski definition) is 1. The van der Waals surface area contributed by atoms with E-state index < -0.39 is 0 Å². The molecule has 0 aliphatic carbocycles. The van der Waals surface area contributed by atoms with Crippen LogP contribution in [0.15, 0.2) is 66.9 Å². The van der Waals surface area contributed by atoms with Crippen molar-refractivity contribution in [2.24, 2.45) is 0 Å². The van der Waals surface area contributed by atoms with Gasteiger partial charge in [-0.3, -0.25) is 4.98 Å². The highest BCUT2D eigenvalue weighted by atomic mass is 35.5. The van der Waals surface area contributed by atoms with Gasteiger partial charge in [0, 0.05) is 41.0 Å². The van der Waals surface area contributed by atoms with E-state index in [9.17, 15) is 0 Å². The van der Waals surface area contributed by atoms with Gasteiger partial charge in [-0.2, -0.15) is 0 Å². The van der Waals surface area contributed by atoms with Crippen molar-refractivity contribution in [1.82, 2.24) is 4.98 Å². The number of nitrogens with one attached hydrogen (secondary N) is 1. The van der Waals surface area contributed by atoms with Crippen LogP contribution in [-0.2, 0) is 0 Å². The zero-order valence-corrected chi connectivity index (χ0v) is 19.6. The summed E-state index contributed by atoms with van der Waals surface area (Å²) in [5.74, 6) is 3.17. The van der Waals surface area contributed by atoms with Crippen LogP contribution < -0.4 is 24.3 Å². The first-order valence-corrected chi connectivity index (χ1v) is 10.9. The molecule has 1 N–H and O–H groups in total. The summed E-state index contributed by atoms with van der Waals surface area (Å²) in [4.78, 5) is 4.40. The Morgan fingerprint density at radius 3 is 2.33 bits per heavy atom. The standard InChI is InChI=1S/C25H22Cl2N2O4/c1-30-24-14-19-21(15-25(24)31-2)29-10-9-22(19)33-18-6-4-17(5-7-18)28-11-12-32-23-13-16(26)3-8-20(23)27/h3-10,13-15,28H,11-12H2,1-2H3. The van der Waals surface area contributed by atoms with Gasteiger partial charge in [-0.15, -0.1) is 0 Å². The lowest BCUT2D eigenvalue weighted by molar-refractivity contribution is 0.333. The Bertz CT molecular complexity index is 1250. The van der Waals surface area contributed by atoms with Crippen molar-refractivity contribution in [1.29, 1.82) is 0 Å². The van der Waals surface area contributed by atoms with Crippen LogP contribution in [0.2, 0.25) is 10.0 Å². The Labute approximate surface area is 202 Å². The van der Waals surface area contributed by atoms with Crippen molar-refractivity contribution in [2.75, 3.05) is 32.7 Å². The average molecular weight is 485 g/mol. The number of benzene rings is 3. The topological polar surface area (TPSA) is 61.8 Å². The van der Waals surface area contributed by atoms with Crippen molar-refractivity contribution in [3.63, 3.8) is 0 Å². The van der Waals surface area contributed by atoms with E-state index >= 15 is 0 Å². The van der Waals surface area contributed by atoms with Crippen LogP contribution in [0.1, 0.15) is 0 Å². The fourth-order valence-electron chi connectivity index (χ4n) is 3.25. The largest absolute Gasteiger partial charge is 0.493 e. The molecule has 1 heterocycles. The molecule has 4 rings (SSSR count). The van der Waals surface area contributed by atoms with E-state index in [1.165, 1.54) is 0 Å². The summed E-state index contributed by atoms with van der Waals surface area (Å²) < 4.78 is 22.6. The fraction of sp³-hybridized carbons (Fsp3) is 0.160. The molecule has 0 saturated carbocycles. The molecule has 0 aliphatic heterocycles. The summed E-state index contributed by atoms with van der Waals surface area (Å²) in [7, 11) is 3.19. The first-order valence-electron chi connectivity index (χ1n) is 10.2. The number of aromatic nitrogens is 1. The molecule has 3 aromatic carbocycles. The van der Waals surface area contributed by atoms with Gasteiger partial charge >= 0.3 is 0 Å². The summed E-state index contributed by atoms with van der Waals surface area (Å²) in [6.07, 6.45) is 1.70. The van der Waals surface area contributed by atoms with E-state index in [0.717, 1.165) is 16.6 Å². The predicted octanol–water partition coefficient (Wildman–Crippen LogP) is 6.84. The third kappa shape index (κ3) is 5.53. The average Bonchev–Trinajstić information content (AvgIpc) is 2.84. The van der Waals surface area contributed by atoms with Crippen molar-refractivity contribution in [3.05, 3.63) is 76.9 Å². The summed E-state index contributed by atoms with van der Waals surface area (Å²) >= 11 is 12.1. The lowest BCUT2D eigenvalue weighted by Crippen LogP contribution is -2.11. The highest BCUT2D eigenvalue weighted by molar-refractivity contribution is 6.34. The van der Waals surface area contributed by atoms with E-state index in [2.05, 4.69) is 10.3 Å². The Morgan fingerprint density at radius 1 is 0.818 bits per heavy atom. The summed E-state index contributed by atoms with van der Waals surface area (Å²) in [6, 6.07) is 18.3. The van der Waals surface area contributed by atoms with E-state index in [4.69, 9.17) is 42.1 Å². The van der Waals surface area contributed by atoms with Crippen molar-refractivity contribution < 1.29 is 18.9 Å². The molecule has 0 aliphatic rings. The molecule has 0 radical (unpaired) electrons. The Morgan fingerprint density at radius 2 is 1.58 bits per heavy atom. The number of rotatable bonds is 9. The van der Waals surface area contributed by atoms with E-state index in [1.54, 1.807) is 38.6 Å². The smallest absolute Gasteiger partial charge is 0.162 e. The molecule has 0 bridgehead atoms. The van der Waals surface area contributed by atoms with Crippen LogP contribution in [0, 0.1) is 0 Å². The van der Waals surface area contributed by atoms with Gasteiger partial charge in [0.25, 0.3) is 0 Å². The Kier molecular flexibility index (Phi) is 7.27. The van der Waals surface area contributed by atoms with Gasteiger partial charge in [-0.1, -0.05) is 23.2 Å². The predicted molar refractivity (Wildman–Crippen MR) is 132 cm³/mol. The number of methoxy groups -OCH3 is 2. The molecule has 0 fully saturated rings.